The number of rotatable bonds is 12. The summed E-state index contributed by atoms with van der Waals surface area (Å²) in [5, 5.41) is 3.78. The molecule has 0 aromatic heterocycles. The molecule has 2 heteroatoms. The molecule has 0 aromatic carbocycles. The van der Waals surface area contributed by atoms with E-state index in [-0.39, 0.29) is 0 Å². The Labute approximate surface area is 133 Å². The van der Waals surface area contributed by atoms with Crippen LogP contribution in [0.4, 0.5) is 0 Å². The van der Waals surface area contributed by atoms with Gasteiger partial charge in [0.25, 0.3) is 0 Å². The third-order valence-corrected chi connectivity index (χ3v) is 5.24. The molecule has 3 N–H and O–H groups in total. The summed E-state index contributed by atoms with van der Waals surface area (Å²) in [4.78, 5) is 0. The lowest BCUT2D eigenvalue weighted by atomic mass is 9.78. The third-order valence-electron chi connectivity index (χ3n) is 5.24. The van der Waals surface area contributed by atoms with E-state index in [0.29, 0.717) is 5.41 Å². The van der Waals surface area contributed by atoms with Crippen LogP contribution in [0.2, 0.25) is 0 Å². The van der Waals surface area contributed by atoms with Crippen LogP contribution in [-0.2, 0) is 0 Å². The predicted octanol–water partition coefficient (Wildman–Crippen LogP) is 4.73. The van der Waals surface area contributed by atoms with Gasteiger partial charge < -0.3 is 11.1 Å². The van der Waals surface area contributed by atoms with E-state index in [9.17, 15) is 0 Å². The van der Waals surface area contributed by atoms with Gasteiger partial charge in [0.2, 0.25) is 0 Å². The molecule has 0 aliphatic heterocycles. The van der Waals surface area contributed by atoms with Crippen molar-refractivity contribution in [1.82, 2.24) is 5.32 Å². The van der Waals surface area contributed by atoms with E-state index in [4.69, 9.17) is 5.73 Å². The Hall–Kier alpha value is -0.0800. The first-order chi connectivity index (χ1) is 10.1. The molecule has 1 aliphatic carbocycles. The first kappa shape index (κ1) is 19.0. The number of nitrogens with one attached hydrogen (secondary N) is 1. The molecule has 0 radical (unpaired) electrons. The summed E-state index contributed by atoms with van der Waals surface area (Å²) < 4.78 is 0. The van der Waals surface area contributed by atoms with Crippen LogP contribution in [0, 0.1) is 17.3 Å². The smallest absolute Gasteiger partial charge is 0.000790 e. The Balaban J connectivity index is 2.19. The van der Waals surface area contributed by atoms with E-state index in [1.807, 2.05) is 0 Å². The van der Waals surface area contributed by atoms with Crippen molar-refractivity contribution < 1.29 is 0 Å². The third kappa shape index (κ3) is 7.65. The molecule has 1 aliphatic rings. The molecule has 0 heterocycles. The summed E-state index contributed by atoms with van der Waals surface area (Å²) in [5.74, 6) is 1.70. The topological polar surface area (TPSA) is 38.0 Å². The van der Waals surface area contributed by atoms with Crippen molar-refractivity contribution in [3.8, 4) is 0 Å². The van der Waals surface area contributed by atoms with E-state index in [2.05, 4.69) is 26.1 Å². The fourth-order valence-electron chi connectivity index (χ4n) is 4.39. The van der Waals surface area contributed by atoms with Crippen molar-refractivity contribution in [1.29, 1.82) is 0 Å². The molecule has 2 nitrogen and oxygen atoms in total. The average molecular weight is 297 g/mol. The van der Waals surface area contributed by atoms with Crippen molar-refractivity contribution >= 4 is 0 Å². The minimum absolute atomic E-state index is 0.619. The predicted molar refractivity (Wildman–Crippen MR) is 94.5 cm³/mol. The Bertz CT molecular complexity index is 238. The maximum atomic E-state index is 5.72. The van der Waals surface area contributed by atoms with Gasteiger partial charge in [0.05, 0.1) is 0 Å². The van der Waals surface area contributed by atoms with Crippen molar-refractivity contribution in [2.75, 3.05) is 19.6 Å². The van der Waals surface area contributed by atoms with Crippen LogP contribution >= 0.6 is 0 Å². The fourth-order valence-corrected chi connectivity index (χ4v) is 4.39. The quantitative estimate of drug-likeness (QED) is 0.511. The average Bonchev–Trinajstić information content (AvgIpc) is 2.86. The van der Waals surface area contributed by atoms with E-state index in [0.717, 1.165) is 18.4 Å². The zero-order valence-corrected chi connectivity index (χ0v) is 14.9. The van der Waals surface area contributed by atoms with Crippen LogP contribution in [0.1, 0.15) is 85.0 Å². The first-order valence-corrected chi connectivity index (χ1v) is 9.52. The van der Waals surface area contributed by atoms with E-state index in [1.54, 1.807) is 0 Å². The molecule has 0 saturated heterocycles. The monoisotopic (exact) mass is 296 g/mol. The summed E-state index contributed by atoms with van der Waals surface area (Å²) in [7, 11) is 0. The highest BCUT2D eigenvalue weighted by atomic mass is 14.9. The molecule has 1 fully saturated rings. The molecule has 21 heavy (non-hydrogen) atoms. The van der Waals surface area contributed by atoms with Crippen molar-refractivity contribution in [3.05, 3.63) is 0 Å². The normalized spacial score (nSPS) is 19.3. The molecular weight excluding hydrogens is 256 g/mol. The minimum atomic E-state index is 0.619. The Kier molecular flexibility index (Phi) is 9.59. The van der Waals surface area contributed by atoms with Crippen LogP contribution in [0.15, 0.2) is 0 Å². The minimum Gasteiger partial charge on any atom is -0.330 e. The van der Waals surface area contributed by atoms with Gasteiger partial charge in [-0.3, -0.25) is 0 Å². The van der Waals surface area contributed by atoms with Gasteiger partial charge in [-0.25, -0.2) is 0 Å². The second-order valence-electron chi connectivity index (χ2n) is 7.86. The van der Waals surface area contributed by atoms with Crippen LogP contribution in [0.5, 0.6) is 0 Å². The van der Waals surface area contributed by atoms with Gasteiger partial charge in [-0.15, -0.1) is 0 Å². The number of hydrogen-bond acceptors (Lipinski definition) is 2. The highest BCUT2D eigenvalue weighted by Crippen LogP contribution is 2.42. The Morgan fingerprint density at radius 2 is 1.81 bits per heavy atom. The molecule has 0 spiro atoms. The molecule has 0 aromatic rings. The second-order valence-corrected chi connectivity index (χ2v) is 7.86. The SMILES string of the molecule is CCCC(CCN)CCCNCC1(CC(C)C)CCCC1. The largest absolute Gasteiger partial charge is 0.330 e. The van der Waals surface area contributed by atoms with Gasteiger partial charge in [0.15, 0.2) is 0 Å². The zero-order valence-electron chi connectivity index (χ0n) is 14.9. The molecule has 1 saturated carbocycles. The van der Waals surface area contributed by atoms with Crippen LogP contribution in [0.25, 0.3) is 0 Å². The van der Waals surface area contributed by atoms with Gasteiger partial charge in [-0.05, 0) is 68.9 Å². The lowest BCUT2D eigenvalue weighted by Gasteiger charge is -2.31. The van der Waals surface area contributed by atoms with Gasteiger partial charge >= 0.3 is 0 Å². The van der Waals surface area contributed by atoms with Crippen LogP contribution in [0.3, 0.4) is 0 Å². The molecule has 126 valence electrons. The highest BCUT2D eigenvalue weighted by Gasteiger charge is 2.33. The lowest BCUT2D eigenvalue weighted by molar-refractivity contribution is 0.223. The molecular formula is C19H40N2. The molecule has 1 atom stereocenters. The van der Waals surface area contributed by atoms with Crippen LogP contribution < -0.4 is 11.1 Å². The Morgan fingerprint density at radius 1 is 1.10 bits per heavy atom. The summed E-state index contributed by atoms with van der Waals surface area (Å²) >= 11 is 0. The van der Waals surface area contributed by atoms with Crippen molar-refractivity contribution in [3.63, 3.8) is 0 Å². The maximum absolute atomic E-state index is 5.72. The molecule has 0 amide bonds. The number of hydrogen-bond donors (Lipinski definition) is 2. The fraction of sp³-hybridized carbons (Fsp3) is 1.00. The Morgan fingerprint density at radius 3 is 2.38 bits per heavy atom. The van der Waals surface area contributed by atoms with Gasteiger partial charge in [0.1, 0.15) is 0 Å². The van der Waals surface area contributed by atoms with E-state index < -0.39 is 0 Å². The summed E-state index contributed by atoms with van der Waals surface area (Å²) in [5.41, 5.74) is 6.34. The summed E-state index contributed by atoms with van der Waals surface area (Å²) in [6.07, 6.45) is 13.7. The van der Waals surface area contributed by atoms with Crippen molar-refractivity contribution in [2.24, 2.45) is 23.0 Å². The zero-order chi connectivity index (χ0) is 15.6. The summed E-state index contributed by atoms with van der Waals surface area (Å²) in [6.45, 7) is 10.3. The summed E-state index contributed by atoms with van der Waals surface area (Å²) in [6, 6.07) is 0. The maximum Gasteiger partial charge on any atom is 0.000790 e. The molecule has 1 unspecified atom stereocenters. The van der Waals surface area contributed by atoms with Gasteiger partial charge in [-0.1, -0.05) is 46.5 Å². The van der Waals surface area contributed by atoms with E-state index >= 15 is 0 Å². The lowest BCUT2D eigenvalue weighted by Crippen LogP contribution is -2.34. The van der Waals surface area contributed by atoms with Gasteiger partial charge in [0, 0.05) is 6.54 Å². The number of nitrogens with two attached hydrogens (primary N) is 1. The van der Waals surface area contributed by atoms with Gasteiger partial charge in [-0.2, -0.15) is 0 Å². The molecule has 0 bridgehead atoms. The first-order valence-electron chi connectivity index (χ1n) is 9.52. The standard InChI is InChI=1S/C19H40N2/c1-4-8-18(10-13-20)9-7-14-21-16-19(15-17(2)3)11-5-6-12-19/h17-18,21H,4-16,20H2,1-3H3. The van der Waals surface area contributed by atoms with E-state index in [1.165, 1.54) is 77.3 Å². The van der Waals surface area contributed by atoms with Crippen LogP contribution in [-0.4, -0.2) is 19.6 Å². The second kappa shape index (κ2) is 10.6. The molecule has 1 rings (SSSR count). The van der Waals surface area contributed by atoms with Crippen molar-refractivity contribution in [2.45, 2.75) is 85.0 Å². The highest BCUT2D eigenvalue weighted by molar-refractivity contribution is 4.87.